The molecule has 0 aliphatic heterocycles. The third-order valence-corrected chi connectivity index (χ3v) is 5.66. The minimum absolute atomic E-state index is 0.0432. The predicted molar refractivity (Wildman–Crippen MR) is 141 cm³/mol. The SMILES string of the molecule is COc1cc(Br)cc(C=Nn2c(C(C)(C)C)nc3ccc(Br)cc3c2=O)c1OCC(C)(C)C. The number of fused-ring (bicyclic) bond motifs is 1. The molecule has 0 fully saturated rings. The van der Waals surface area contributed by atoms with Gasteiger partial charge in [-0.05, 0) is 35.7 Å². The predicted octanol–water partition coefficient (Wildman–Crippen LogP) is 6.53. The van der Waals surface area contributed by atoms with Crippen LogP contribution in [0.1, 0.15) is 52.9 Å². The molecule has 8 heteroatoms. The van der Waals surface area contributed by atoms with Crippen molar-refractivity contribution >= 4 is 49.0 Å². The van der Waals surface area contributed by atoms with Gasteiger partial charge >= 0.3 is 0 Å². The van der Waals surface area contributed by atoms with Crippen LogP contribution in [0.4, 0.5) is 0 Å². The lowest BCUT2D eigenvalue weighted by Crippen LogP contribution is -2.29. The molecule has 3 aromatic rings. The van der Waals surface area contributed by atoms with Gasteiger partial charge in [0.2, 0.25) is 0 Å². The molecule has 0 aliphatic carbocycles. The average molecular weight is 579 g/mol. The number of methoxy groups -OCH3 is 1. The van der Waals surface area contributed by atoms with E-state index in [1.165, 1.54) is 4.68 Å². The zero-order valence-corrected chi connectivity index (χ0v) is 23.2. The summed E-state index contributed by atoms with van der Waals surface area (Å²) in [7, 11) is 1.60. The summed E-state index contributed by atoms with van der Waals surface area (Å²) in [4.78, 5) is 18.2. The Hall–Kier alpha value is -2.19. The first-order chi connectivity index (χ1) is 15.3. The molecule has 6 nitrogen and oxygen atoms in total. The van der Waals surface area contributed by atoms with Crippen molar-refractivity contribution in [3.8, 4) is 11.5 Å². The smallest absolute Gasteiger partial charge is 0.282 e. The maximum Gasteiger partial charge on any atom is 0.282 e. The van der Waals surface area contributed by atoms with Crippen LogP contribution in [-0.4, -0.2) is 29.6 Å². The van der Waals surface area contributed by atoms with Crippen LogP contribution < -0.4 is 15.0 Å². The van der Waals surface area contributed by atoms with Crippen molar-refractivity contribution in [2.24, 2.45) is 10.5 Å². The quantitative estimate of drug-likeness (QED) is 0.323. The fourth-order valence-corrected chi connectivity index (χ4v) is 3.96. The summed E-state index contributed by atoms with van der Waals surface area (Å²) < 4.78 is 14.7. The van der Waals surface area contributed by atoms with Crippen LogP contribution in [0.25, 0.3) is 10.9 Å². The number of rotatable bonds is 5. The normalized spacial score (nSPS) is 12.5. The molecular weight excluding hydrogens is 550 g/mol. The highest BCUT2D eigenvalue weighted by Gasteiger charge is 2.23. The van der Waals surface area contributed by atoms with Crippen molar-refractivity contribution in [3.63, 3.8) is 0 Å². The Morgan fingerprint density at radius 1 is 1.06 bits per heavy atom. The zero-order chi connectivity index (χ0) is 24.6. The van der Waals surface area contributed by atoms with Crippen molar-refractivity contribution < 1.29 is 9.47 Å². The molecule has 0 unspecified atom stereocenters. The fourth-order valence-electron chi connectivity index (χ4n) is 3.14. The summed E-state index contributed by atoms with van der Waals surface area (Å²) in [6, 6.07) is 9.21. The van der Waals surface area contributed by atoms with Crippen molar-refractivity contribution in [2.75, 3.05) is 13.7 Å². The lowest BCUT2D eigenvalue weighted by Gasteiger charge is -2.22. The van der Waals surface area contributed by atoms with Gasteiger partial charge in [-0.25, -0.2) is 4.98 Å². The molecule has 0 aliphatic rings. The number of hydrogen-bond acceptors (Lipinski definition) is 5. The number of hydrogen-bond donors (Lipinski definition) is 0. The van der Waals surface area contributed by atoms with E-state index in [1.54, 1.807) is 19.4 Å². The largest absolute Gasteiger partial charge is 0.493 e. The lowest BCUT2D eigenvalue weighted by molar-refractivity contribution is 0.191. The Morgan fingerprint density at radius 3 is 2.36 bits per heavy atom. The van der Waals surface area contributed by atoms with E-state index >= 15 is 0 Å². The number of aromatic nitrogens is 2. The molecule has 1 aromatic heterocycles. The summed E-state index contributed by atoms with van der Waals surface area (Å²) >= 11 is 6.96. The van der Waals surface area contributed by atoms with E-state index < -0.39 is 5.41 Å². The molecule has 0 amide bonds. The zero-order valence-electron chi connectivity index (χ0n) is 20.0. The van der Waals surface area contributed by atoms with Gasteiger partial charge in [0.25, 0.3) is 5.56 Å². The van der Waals surface area contributed by atoms with Gasteiger partial charge in [0, 0.05) is 19.9 Å². The van der Waals surface area contributed by atoms with Gasteiger partial charge in [0.15, 0.2) is 11.5 Å². The van der Waals surface area contributed by atoms with Crippen LogP contribution in [0.2, 0.25) is 0 Å². The van der Waals surface area contributed by atoms with Gasteiger partial charge in [-0.3, -0.25) is 4.79 Å². The Morgan fingerprint density at radius 2 is 1.76 bits per heavy atom. The van der Waals surface area contributed by atoms with Crippen molar-refractivity contribution in [2.45, 2.75) is 47.0 Å². The minimum atomic E-state index is -0.404. The van der Waals surface area contributed by atoms with Crippen LogP contribution in [0.15, 0.2) is 49.2 Å². The first kappa shape index (κ1) is 25.4. The highest BCUT2D eigenvalue weighted by molar-refractivity contribution is 9.10. The van der Waals surface area contributed by atoms with Gasteiger partial charge < -0.3 is 9.47 Å². The van der Waals surface area contributed by atoms with Crippen LogP contribution in [0.3, 0.4) is 0 Å². The highest BCUT2D eigenvalue weighted by atomic mass is 79.9. The Balaban J connectivity index is 2.20. The maximum atomic E-state index is 13.4. The average Bonchev–Trinajstić information content (AvgIpc) is 2.70. The summed E-state index contributed by atoms with van der Waals surface area (Å²) in [6.45, 7) is 12.8. The van der Waals surface area contributed by atoms with E-state index in [-0.39, 0.29) is 11.0 Å². The summed E-state index contributed by atoms with van der Waals surface area (Å²) in [6.07, 6.45) is 1.62. The van der Waals surface area contributed by atoms with Gasteiger partial charge in [0.1, 0.15) is 5.82 Å². The van der Waals surface area contributed by atoms with E-state index in [9.17, 15) is 4.79 Å². The number of nitrogens with zero attached hydrogens (tertiary/aromatic N) is 3. The third-order valence-electron chi connectivity index (χ3n) is 4.71. The molecule has 0 atom stereocenters. The molecule has 0 N–H and O–H groups in total. The summed E-state index contributed by atoms with van der Waals surface area (Å²) in [5.41, 5.74) is 0.641. The molecule has 0 saturated carbocycles. The first-order valence-corrected chi connectivity index (χ1v) is 12.2. The molecule has 0 saturated heterocycles. The molecule has 1 heterocycles. The summed E-state index contributed by atoms with van der Waals surface area (Å²) in [5, 5.41) is 5.08. The van der Waals surface area contributed by atoms with E-state index in [0.717, 1.165) is 8.95 Å². The Labute approximate surface area is 211 Å². The van der Waals surface area contributed by atoms with Gasteiger partial charge in [-0.2, -0.15) is 9.78 Å². The van der Waals surface area contributed by atoms with Crippen LogP contribution in [0, 0.1) is 5.41 Å². The Bertz CT molecular complexity index is 1270. The van der Waals surface area contributed by atoms with Crippen molar-refractivity contribution in [1.29, 1.82) is 0 Å². The van der Waals surface area contributed by atoms with Crippen LogP contribution in [-0.2, 0) is 5.41 Å². The maximum absolute atomic E-state index is 13.4. The molecule has 0 radical (unpaired) electrons. The number of benzene rings is 2. The first-order valence-electron chi connectivity index (χ1n) is 10.6. The highest BCUT2D eigenvalue weighted by Crippen LogP contribution is 2.35. The molecular formula is C25H29Br2N3O3. The van der Waals surface area contributed by atoms with E-state index in [2.05, 4.69) is 57.7 Å². The monoisotopic (exact) mass is 577 g/mol. The van der Waals surface area contributed by atoms with Crippen molar-refractivity contribution in [3.05, 3.63) is 61.0 Å². The molecule has 176 valence electrons. The number of ether oxygens (including phenoxy) is 2. The van der Waals surface area contributed by atoms with Gasteiger partial charge in [-0.15, -0.1) is 0 Å². The van der Waals surface area contributed by atoms with E-state index in [0.29, 0.717) is 40.4 Å². The standard InChI is InChI=1S/C25H29Br2N3O3/c1-24(2,3)14-33-21-15(10-17(27)12-20(21)32-7)13-28-30-22(31)18-11-16(26)8-9-19(18)29-23(30)25(4,5)6/h8-13H,14H2,1-7H3. The van der Waals surface area contributed by atoms with E-state index in [1.807, 2.05) is 45.0 Å². The van der Waals surface area contributed by atoms with Crippen LogP contribution >= 0.6 is 31.9 Å². The van der Waals surface area contributed by atoms with Crippen molar-refractivity contribution in [1.82, 2.24) is 9.66 Å². The number of halogens is 2. The van der Waals surface area contributed by atoms with Gasteiger partial charge in [-0.1, -0.05) is 73.4 Å². The second-order valence-corrected chi connectivity index (χ2v) is 11.9. The molecule has 0 spiro atoms. The molecule has 2 aromatic carbocycles. The second kappa shape index (κ2) is 9.58. The second-order valence-electron chi connectivity index (χ2n) is 10.1. The van der Waals surface area contributed by atoms with E-state index in [4.69, 9.17) is 14.5 Å². The molecule has 33 heavy (non-hydrogen) atoms. The Kier molecular flexibility index (Phi) is 7.39. The topological polar surface area (TPSA) is 65.7 Å². The molecule has 3 rings (SSSR count). The summed E-state index contributed by atoms with van der Waals surface area (Å²) in [5.74, 6) is 1.72. The molecule has 0 bridgehead atoms. The minimum Gasteiger partial charge on any atom is -0.493 e. The van der Waals surface area contributed by atoms with Crippen LogP contribution in [0.5, 0.6) is 11.5 Å². The fraction of sp³-hybridized carbons (Fsp3) is 0.400. The lowest BCUT2D eigenvalue weighted by atomic mass is 9.95. The van der Waals surface area contributed by atoms with Gasteiger partial charge in [0.05, 0.1) is 30.8 Å². The third kappa shape index (κ3) is 6.03.